The normalized spacial score (nSPS) is 13.4. The zero-order chi connectivity index (χ0) is 16.0. The largest absolute Gasteiger partial charge is 0.354 e. The number of carbonyl (C=O) groups excluding carboxylic acids is 1. The summed E-state index contributed by atoms with van der Waals surface area (Å²) >= 11 is 0. The molecule has 3 nitrogen and oxygen atoms in total. The van der Waals surface area contributed by atoms with Gasteiger partial charge in [0.15, 0.2) is 0 Å². The molecule has 0 bridgehead atoms. The Hall–Kier alpha value is -2.13. The van der Waals surface area contributed by atoms with Gasteiger partial charge in [0.2, 0.25) is 5.91 Å². The van der Waals surface area contributed by atoms with Gasteiger partial charge in [0.1, 0.15) is 5.54 Å². The molecule has 1 unspecified atom stereocenters. The minimum Gasteiger partial charge on any atom is -0.354 e. The Morgan fingerprint density at radius 2 is 1.64 bits per heavy atom. The summed E-state index contributed by atoms with van der Waals surface area (Å²) in [4.78, 5) is 12.3. The summed E-state index contributed by atoms with van der Waals surface area (Å²) in [6.07, 6.45) is 1.85. The van der Waals surface area contributed by atoms with Gasteiger partial charge in [-0.3, -0.25) is 4.79 Å². The Balaban J connectivity index is 1.89. The van der Waals surface area contributed by atoms with Crippen LogP contribution in [0.2, 0.25) is 0 Å². The Labute approximate surface area is 132 Å². The van der Waals surface area contributed by atoms with E-state index in [9.17, 15) is 4.79 Å². The third-order valence-electron chi connectivity index (χ3n) is 3.98. The van der Waals surface area contributed by atoms with Crippen molar-refractivity contribution in [3.05, 3.63) is 71.3 Å². The van der Waals surface area contributed by atoms with Crippen molar-refractivity contribution in [2.75, 3.05) is 6.54 Å². The van der Waals surface area contributed by atoms with E-state index in [0.717, 1.165) is 18.4 Å². The summed E-state index contributed by atoms with van der Waals surface area (Å²) in [6.45, 7) is 4.47. The number of hydrogen-bond donors (Lipinski definition) is 2. The maximum absolute atomic E-state index is 12.3. The van der Waals surface area contributed by atoms with E-state index in [1.54, 1.807) is 6.92 Å². The van der Waals surface area contributed by atoms with Gasteiger partial charge in [-0.15, -0.1) is 0 Å². The van der Waals surface area contributed by atoms with Crippen LogP contribution >= 0.6 is 0 Å². The summed E-state index contributed by atoms with van der Waals surface area (Å²) in [6, 6.07) is 17.9. The van der Waals surface area contributed by atoms with E-state index < -0.39 is 5.54 Å². The second kappa shape index (κ2) is 7.23. The molecule has 0 spiro atoms. The van der Waals surface area contributed by atoms with Crippen LogP contribution in [-0.2, 0) is 23.2 Å². The average molecular weight is 296 g/mol. The van der Waals surface area contributed by atoms with E-state index in [0.29, 0.717) is 6.54 Å². The minimum atomic E-state index is -1.01. The van der Waals surface area contributed by atoms with E-state index in [-0.39, 0.29) is 5.91 Å². The predicted molar refractivity (Wildman–Crippen MR) is 90.5 cm³/mol. The molecule has 22 heavy (non-hydrogen) atoms. The van der Waals surface area contributed by atoms with Gasteiger partial charge < -0.3 is 11.1 Å². The second-order valence-electron chi connectivity index (χ2n) is 5.74. The lowest BCUT2D eigenvalue weighted by Gasteiger charge is -2.24. The van der Waals surface area contributed by atoms with Crippen molar-refractivity contribution in [3.63, 3.8) is 0 Å². The Morgan fingerprint density at radius 1 is 1.05 bits per heavy atom. The third kappa shape index (κ3) is 3.95. The van der Waals surface area contributed by atoms with Gasteiger partial charge in [0.05, 0.1) is 0 Å². The van der Waals surface area contributed by atoms with Crippen LogP contribution in [0.15, 0.2) is 54.6 Å². The zero-order valence-electron chi connectivity index (χ0n) is 13.3. The predicted octanol–water partition coefficient (Wildman–Crippen LogP) is 2.78. The molecule has 1 amide bonds. The van der Waals surface area contributed by atoms with Crippen LogP contribution in [0, 0.1) is 0 Å². The number of carbonyl (C=O) groups is 1. The number of hydrogen-bond acceptors (Lipinski definition) is 2. The van der Waals surface area contributed by atoms with E-state index >= 15 is 0 Å². The first kappa shape index (κ1) is 16.2. The molecule has 116 valence electrons. The summed E-state index contributed by atoms with van der Waals surface area (Å²) < 4.78 is 0. The number of benzene rings is 2. The van der Waals surface area contributed by atoms with Crippen LogP contribution < -0.4 is 11.1 Å². The van der Waals surface area contributed by atoms with Crippen molar-refractivity contribution < 1.29 is 4.79 Å². The van der Waals surface area contributed by atoms with Crippen molar-refractivity contribution in [3.8, 4) is 0 Å². The van der Waals surface area contributed by atoms with Crippen molar-refractivity contribution in [1.82, 2.24) is 5.32 Å². The fraction of sp³-hybridized carbons (Fsp3) is 0.316. The first-order valence-corrected chi connectivity index (χ1v) is 7.74. The zero-order valence-corrected chi connectivity index (χ0v) is 13.3. The second-order valence-corrected chi connectivity index (χ2v) is 5.74. The van der Waals surface area contributed by atoms with Gasteiger partial charge in [0.25, 0.3) is 0 Å². The molecule has 3 N–H and O–H groups in total. The van der Waals surface area contributed by atoms with E-state index in [4.69, 9.17) is 5.73 Å². The Bertz CT molecular complexity index is 603. The van der Waals surface area contributed by atoms with Gasteiger partial charge in [-0.2, -0.15) is 0 Å². The Kier molecular flexibility index (Phi) is 5.34. The Morgan fingerprint density at radius 3 is 2.23 bits per heavy atom. The fourth-order valence-electron chi connectivity index (χ4n) is 2.36. The standard InChI is InChI=1S/C19H24N2O/c1-3-15-9-11-16(12-10-15)13-14-21-18(22)19(2,20)17-7-5-4-6-8-17/h4-12H,3,13-14,20H2,1-2H3,(H,21,22). The molecule has 1 atom stereocenters. The lowest BCUT2D eigenvalue weighted by atomic mass is 9.92. The smallest absolute Gasteiger partial charge is 0.244 e. The highest BCUT2D eigenvalue weighted by atomic mass is 16.2. The molecule has 0 fully saturated rings. The number of nitrogens with two attached hydrogens (primary N) is 1. The number of amides is 1. The molecular weight excluding hydrogens is 272 g/mol. The monoisotopic (exact) mass is 296 g/mol. The quantitative estimate of drug-likeness (QED) is 0.861. The van der Waals surface area contributed by atoms with E-state index in [1.807, 2.05) is 30.3 Å². The van der Waals surface area contributed by atoms with Crippen LogP contribution in [0.3, 0.4) is 0 Å². The third-order valence-corrected chi connectivity index (χ3v) is 3.98. The molecule has 0 saturated heterocycles. The van der Waals surface area contributed by atoms with Crippen LogP contribution in [-0.4, -0.2) is 12.5 Å². The van der Waals surface area contributed by atoms with Crippen molar-refractivity contribution in [2.45, 2.75) is 32.2 Å². The molecule has 0 aliphatic heterocycles. The summed E-state index contributed by atoms with van der Waals surface area (Å²) in [5.74, 6) is -0.149. The van der Waals surface area contributed by atoms with Crippen molar-refractivity contribution >= 4 is 5.91 Å². The lowest BCUT2D eigenvalue weighted by molar-refractivity contribution is -0.126. The van der Waals surface area contributed by atoms with Crippen LogP contribution in [0.4, 0.5) is 0 Å². The highest BCUT2D eigenvalue weighted by Crippen LogP contribution is 2.17. The molecule has 0 aliphatic rings. The van der Waals surface area contributed by atoms with Gasteiger partial charge in [0, 0.05) is 6.54 Å². The van der Waals surface area contributed by atoms with Crippen LogP contribution in [0.25, 0.3) is 0 Å². The molecular formula is C19H24N2O. The topological polar surface area (TPSA) is 55.1 Å². The molecule has 0 saturated carbocycles. The van der Waals surface area contributed by atoms with E-state index in [1.165, 1.54) is 11.1 Å². The van der Waals surface area contributed by atoms with Gasteiger partial charge in [-0.1, -0.05) is 61.5 Å². The molecule has 2 aromatic rings. The number of rotatable bonds is 6. The molecule has 2 rings (SSSR count). The molecule has 0 heterocycles. The summed E-state index contributed by atoms with van der Waals surface area (Å²) in [5, 5.41) is 2.93. The number of aryl methyl sites for hydroxylation is 1. The van der Waals surface area contributed by atoms with E-state index in [2.05, 4.69) is 36.5 Å². The van der Waals surface area contributed by atoms with Crippen molar-refractivity contribution in [1.29, 1.82) is 0 Å². The summed E-state index contributed by atoms with van der Waals surface area (Å²) in [5.41, 5.74) is 8.54. The first-order chi connectivity index (χ1) is 10.5. The lowest BCUT2D eigenvalue weighted by Crippen LogP contribution is -2.49. The van der Waals surface area contributed by atoms with Gasteiger partial charge in [-0.05, 0) is 36.5 Å². The fourth-order valence-corrected chi connectivity index (χ4v) is 2.36. The van der Waals surface area contributed by atoms with Crippen LogP contribution in [0.5, 0.6) is 0 Å². The van der Waals surface area contributed by atoms with Crippen LogP contribution in [0.1, 0.15) is 30.5 Å². The van der Waals surface area contributed by atoms with Crippen molar-refractivity contribution in [2.24, 2.45) is 5.73 Å². The molecule has 0 aliphatic carbocycles. The molecule has 0 aromatic heterocycles. The molecule has 3 heteroatoms. The average Bonchev–Trinajstić information content (AvgIpc) is 2.56. The molecule has 0 radical (unpaired) electrons. The highest BCUT2D eigenvalue weighted by molar-refractivity contribution is 5.86. The maximum Gasteiger partial charge on any atom is 0.244 e. The number of nitrogens with one attached hydrogen (secondary N) is 1. The maximum atomic E-state index is 12.3. The van der Waals surface area contributed by atoms with Gasteiger partial charge in [-0.25, -0.2) is 0 Å². The SMILES string of the molecule is CCc1ccc(CCNC(=O)C(C)(N)c2ccccc2)cc1. The summed E-state index contributed by atoms with van der Waals surface area (Å²) in [7, 11) is 0. The minimum absolute atomic E-state index is 0.149. The van der Waals surface area contributed by atoms with Gasteiger partial charge >= 0.3 is 0 Å². The first-order valence-electron chi connectivity index (χ1n) is 7.74. The molecule has 2 aromatic carbocycles. The highest BCUT2D eigenvalue weighted by Gasteiger charge is 2.29.